The first-order valence-corrected chi connectivity index (χ1v) is 4.89. The van der Waals surface area contributed by atoms with E-state index >= 15 is 0 Å². The van der Waals surface area contributed by atoms with E-state index < -0.39 is 16.6 Å². The van der Waals surface area contributed by atoms with Crippen molar-refractivity contribution in [3.8, 4) is 0 Å². The lowest BCUT2D eigenvalue weighted by molar-refractivity contribution is -0.384. The Hall–Kier alpha value is -2.57. The van der Waals surface area contributed by atoms with Crippen LogP contribution in [0.1, 0.15) is 0 Å². The number of anilines is 2. The normalized spacial score (nSPS) is 10.1. The van der Waals surface area contributed by atoms with Crippen molar-refractivity contribution in [1.29, 1.82) is 0 Å². The number of nitrogens with zero attached hydrogens (tertiary/aromatic N) is 2. The summed E-state index contributed by atoms with van der Waals surface area (Å²) in [6, 6.07) is 5.38. The van der Waals surface area contributed by atoms with Gasteiger partial charge in [-0.3, -0.25) is 10.1 Å². The van der Waals surface area contributed by atoms with Crippen LogP contribution in [0.3, 0.4) is 0 Å². The molecule has 1 N–H and O–H groups in total. The fourth-order valence-corrected chi connectivity index (χ4v) is 1.37. The minimum Gasteiger partial charge on any atom is -0.332 e. The molecule has 1 heterocycles. The van der Waals surface area contributed by atoms with Crippen molar-refractivity contribution < 1.29 is 13.7 Å². The van der Waals surface area contributed by atoms with Crippen molar-refractivity contribution in [3.63, 3.8) is 0 Å². The monoisotopic (exact) mass is 251 g/mol. The van der Waals surface area contributed by atoms with E-state index in [4.69, 9.17) is 0 Å². The summed E-state index contributed by atoms with van der Waals surface area (Å²) < 4.78 is 26.4. The van der Waals surface area contributed by atoms with Crippen LogP contribution in [-0.2, 0) is 0 Å². The van der Waals surface area contributed by atoms with Gasteiger partial charge < -0.3 is 5.32 Å². The zero-order chi connectivity index (χ0) is 13.1. The lowest BCUT2D eigenvalue weighted by Gasteiger charge is -2.06. The van der Waals surface area contributed by atoms with Crippen molar-refractivity contribution in [2.24, 2.45) is 0 Å². The maximum absolute atomic E-state index is 13.3. The highest BCUT2D eigenvalue weighted by Gasteiger charge is 2.16. The van der Waals surface area contributed by atoms with Crippen molar-refractivity contribution in [3.05, 3.63) is 58.3 Å². The molecule has 0 aliphatic carbocycles. The van der Waals surface area contributed by atoms with Gasteiger partial charge in [-0.05, 0) is 18.2 Å². The van der Waals surface area contributed by atoms with Gasteiger partial charge in [-0.2, -0.15) is 0 Å². The molecule has 0 bridgehead atoms. The molecule has 0 saturated heterocycles. The molecule has 0 aliphatic heterocycles. The van der Waals surface area contributed by atoms with Crippen LogP contribution in [0, 0.1) is 21.7 Å². The molecule has 1 aromatic heterocycles. The number of rotatable bonds is 3. The van der Waals surface area contributed by atoms with Crippen LogP contribution < -0.4 is 5.32 Å². The number of pyridine rings is 1. The Morgan fingerprint density at radius 1 is 1.28 bits per heavy atom. The molecular formula is C11H7F2N3O2. The van der Waals surface area contributed by atoms with E-state index in [1.807, 2.05) is 0 Å². The van der Waals surface area contributed by atoms with Gasteiger partial charge in [-0.1, -0.05) is 0 Å². The molecule has 0 saturated carbocycles. The van der Waals surface area contributed by atoms with Gasteiger partial charge >= 0.3 is 0 Å². The lowest BCUT2D eigenvalue weighted by Crippen LogP contribution is -2.00. The number of hydrogen-bond donors (Lipinski definition) is 1. The zero-order valence-electron chi connectivity index (χ0n) is 8.93. The molecule has 18 heavy (non-hydrogen) atoms. The second kappa shape index (κ2) is 4.74. The average molecular weight is 251 g/mol. The predicted octanol–water partition coefficient (Wildman–Crippen LogP) is 3.01. The van der Waals surface area contributed by atoms with Gasteiger partial charge in [0.25, 0.3) is 5.69 Å². The minimum atomic E-state index is -0.692. The second-order valence-electron chi connectivity index (χ2n) is 3.38. The standard InChI is InChI=1S/C11H7F2N3O2/c12-7-3-4-10(16(17)18)9(6-7)15-11-8(13)2-1-5-14-11/h1-6H,(H,14,15). The minimum absolute atomic E-state index is 0.155. The molecular weight excluding hydrogens is 244 g/mol. The molecule has 0 atom stereocenters. The van der Waals surface area contributed by atoms with Crippen LogP contribution in [-0.4, -0.2) is 9.91 Å². The number of nitro groups is 1. The van der Waals surface area contributed by atoms with Gasteiger partial charge in [0, 0.05) is 18.3 Å². The number of nitro benzene ring substituents is 1. The molecule has 0 fully saturated rings. The molecule has 0 spiro atoms. The maximum atomic E-state index is 13.3. The van der Waals surface area contributed by atoms with E-state index in [0.29, 0.717) is 0 Å². The predicted molar refractivity (Wildman–Crippen MR) is 60.5 cm³/mol. The highest BCUT2D eigenvalue weighted by molar-refractivity contribution is 5.67. The topological polar surface area (TPSA) is 68.1 Å². The molecule has 7 heteroatoms. The number of nitrogens with one attached hydrogen (secondary N) is 1. The smallest absolute Gasteiger partial charge is 0.292 e. The third kappa shape index (κ3) is 2.40. The fourth-order valence-electron chi connectivity index (χ4n) is 1.37. The van der Waals surface area contributed by atoms with Gasteiger partial charge in [0.2, 0.25) is 0 Å². The third-order valence-corrected chi connectivity index (χ3v) is 2.17. The fraction of sp³-hybridized carbons (Fsp3) is 0. The Balaban J connectivity index is 2.42. The first-order chi connectivity index (χ1) is 8.58. The van der Waals surface area contributed by atoms with Crippen LogP contribution in [0.25, 0.3) is 0 Å². The van der Waals surface area contributed by atoms with E-state index in [0.717, 1.165) is 24.3 Å². The van der Waals surface area contributed by atoms with Gasteiger partial charge in [0.1, 0.15) is 11.5 Å². The number of aromatic nitrogens is 1. The number of benzene rings is 1. The largest absolute Gasteiger partial charge is 0.332 e. The summed E-state index contributed by atoms with van der Waals surface area (Å²) in [7, 11) is 0. The Kier molecular flexibility index (Phi) is 3.13. The SMILES string of the molecule is O=[N+]([O-])c1ccc(F)cc1Nc1ncccc1F. The van der Waals surface area contributed by atoms with Crippen LogP contribution in [0.15, 0.2) is 36.5 Å². The molecule has 0 aliphatic rings. The van der Waals surface area contributed by atoms with Crippen LogP contribution in [0.4, 0.5) is 26.0 Å². The van der Waals surface area contributed by atoms with Crippen molar-refractivity contribution in [2.75, 3.05) is 5.32 Å². The van der Waals surface area contributed by atoms with Gasteiger partial charge in [0.05, 0.1) is 4.92 Å². The second-order valence-corrected chi connectivity index (χ2v) is 3.38. The summed E-state index contributed by atoms with van der Waals surface area (Å²) in [5.41, 5.74) is -0.515. The highest BCUT2D eigenvalue weighted by atomic mass is 19.1. The first-order valence-electron chi connectivity index (χ1n) is 4.89. The summed E-state index contributed by atoms with van der Waals surface area (Å²) in [5.74, 6) is -1.55. The third-order valence-electron chi connectivity index (χ3n) is 2.17. The van der Waals surface area contributed by atoms with E-state index in [9.17, 15) is 18.9 Å². The van der Waals surface area contributed by atoms with Crippen LogP contribution in [0.2, 0.25) is 0 Å². The molecule has 92 valence electrons. The average Bonchev–Trinajstić information content (AvgIpc) is 2.32. The van der Waals surface area contributed by atoms with Crippen molar-refractivity contribution in [1.82, 2.24) is 4.98 Å². The van der Waals surface area contributed by atoms with Crippen molar-refractivity contribution in [2.45, 2.75) is 0 Å². The Labute approximate surface area is 100 Å². The Morgan fingerprint density at radius 2 is 2.06 bits per heavy atom. The number of halogens is 2. The lowest BCUT2D eigenvalue weighted by atomic mass is 10.2. The summed E-state index contributed by atoms with van der Waals surface area (Å²) in [4.78, 5) is 13.7. The van der Waals surface area contributed by atoms with Gasteiger partial charge in [-0.25, -0.2) is 13.8 Å². The summed E-state index contributed by atoms with van der Waals surface area (Å²) in [6.07, 6.45) is 1.32. The first kappa shape index (κ1) is 11.9. The van der Waals surface area contributed by atoms with Crippen molar-refractivity contribution >= 4 is 17.2 Å². The van der Waals surface area contributed by atoms with E-state index in [1.54, 1.807) is 0 Å². The summed E-state index contributed by atoms with van der Waals surface area (Å²) in [6.45, 7) is 0. The Morgan fingerprint density at radius 3 is 2.72 bits per heavy atom. The maximum Gasteiger partial charge on any atom is 0.292 e. The summed E-state index contributed by atoms with van der Waals surface area (Å²) >= 11 is 0. The summed E-state index contributed by atoms with van der Waals surface area (Å²) in [5, 5.41) is 13.1. The van der Waals surface area contributed by atoms with Crippen LogP contribution >= 0.6 is 0 Å². The van der Waals surface area contributed by atoms with Crippen LogP contribution in [0.5, 0.6) is 0 Å². The zero-order valence-corrected chi connectivity index (χ0v) is 8.93. The van der Waals surface area contributed by atoms with E-state index in [1.165, 1.54) is 12.3 Å². The molecule has 0 amide bonds. The molecule has 2 rings (SSSR count). The molecule has 0 radical (unpaired) electrons. The van der Waals surface area contributed by atoms with E-state index in [2.05, 4.69) is 10.3 Å². The van der Waals surface area contributed by atoms with E-state index in [-0.39, 0.29) is 17.2 Å². The quantitative estimate of drug-likeness (QED) is 0.672. The molecule has 0 unspecified atom stereocenters. The molecule has 2 aromatic rings. The Bertz CT molecular complexity index is 605. The van der Waals surface area contributed by atoms with Gasteiger partial charge in [-0.15, -0.1) is 0 Å². The molecule has 5 nitrogen and oxygen atoms in total. The highest BCUT2D eigenvalue weighted by Crippen LogP contribution is 2.28. The van der Waals surface area contributed by atoms with Gasteiger partial charge in [0.15, 0.2) is 11.6 Å². The molecule has 1 aromatic carbocycles. The number of hydrogen-bond acceptors (Lipinski definition) is 4.